The minimum absolute atomic E-state index is 1.28. The maximum atomic E-state index is 2.34. The molecule has 2 aromatic heterocycles. The van der Waals surface area contributed by atoms with Crippen LogP contribution in [0.2, 0.25) is 0 Å². The quantitative estimate of drug-likeness (QED) is 0.578. The van der Waals surface area contributed by atoms with Crippen molar-refractivity contribution < 1.29 is 9.13 Å². The van der Waals surface area contributed by atoms with Gasteiger partial charge in [0.1, 0.15) is 14.1 Å². The van der Waals surface area contributed by atoms with Gasteiger partial charge in [0, 0.05) is 23.3 Å². The largest absolute Gasteiger partial charge is 0.213 e. The molecule has 0 N–H and O–H groups in total. The van der Waals surface area contributed by atoms with Crippen molar-refractivity contribution in [1.82, 2.24) is 0 Å². The highest BCUT2D eigenvalue weighted by Crippen LogP contribution is 2.35. The van der Waals surface area contributed by atoms with Crippen molar-refractivity contribution in [2.75, 3.05) is 0 Å². The van der Waals surface area contributed by atoms with Gasteiger partial charge in [-0.15, -0.1) is 0 Å². The van der Waals surface area contributed by atoms with Crippen molar-refractivity contribution in [2.24, 2.45) is 14.1 Å². The van der Waals surface area contributed by atoms with Crippen molar-refractivity contribution >= 4 is 0 Å². The van der Waals surface area contributed by atoms with Gasteiger partial charge in [-0.05, 0) is 76.3 Å². The zero-order chi connectivity index (χ0) is 20.0. The van der Waals surface area contributed by atoms with Crippen LogP contribution < -0.4 is 9.13 Å². The average Bonchev–Trinajstić information content (AvgIpc) is 2.56. The number of aromatic nitrogens is 2. The smallest absolute Gasteiger partial charge is 0.201 e. The Balaban J connectivity index is 2.37. The van der Waals surface area contributed by atoms with E-state index >= 15 is 0 Å². The Morgan fingerprint density at radius 1 is 0.481 bits per heavy atom. The lowest BCUT2D eigenvalue weighted by molar-refractivity contribution is -0.661. The van der Waals surface area contributed by atoms with Crippen LogP contribution in [-0.4, -0.2) is 0 Å². The Labute approximate surface area is 164 Å². The Bertz CT molecular complexity index is 977. The van der Waals surface area contributed by atoms with Crippen LogP contribution in [-0.2, 0) is 14.1 Å². The molecule has 0 amide bonds. The molecule has 27 heavy (non-hydrogen) atoms. The fraction of sp³-hybridized carbons (Fsp3) is 0.360. The summed E-state index contributed by atoms with van der Waals surface area (Å²) < 4.78 is 4.52. The highest BCUT2D eigenvalue weighted by molar-refractivity contribution is 5.78. The SMILES string of the molecule is Cc1cc(-c2c(C)cc(C)c(-c3cc(C)c(C)c[n+]3C)c2C)[n+](C)cc1C. The first-order chi connectivity index (χ1) is 12.6. The van der Waals surface area contributed by atoms with Crippen LogP contribution >= 0.6 is 0 Å². The predicted molar refractivity (Wildman–Crippen MR) is 113 cm³/mol. The van der Waals surface area contributed by atoms with Crippen LogP contribution in [0.4, 0.5) is 0 Å². The minimum Gasteiger partial charge on any atom is -0.201 e. The molecule has 1 aromatic carbocycles. The third-order valence-corrected chi connectivity index (χ3v) is 5.97. The van der Waals surface area contributed by atoms with Crippen LogP contribution in [0.1, 0.15) is 38.9 Å². The van der Waals surface area contributed by atoms with Crippen LogP contribution in [0.15, 0.2) is 30.6 Å². The van der Waals surface area contributed by atoms with Gasteiger partial charge in [-0.2, -0.15) is 0 Å². The Hall–Kier alpha value is -2.48. The van der Waals surface area contributed by atoms with Gasteiger partial charge in [0.15, 0.2) is 12.4 Å². The number of pyridine rings is 2. The van der Waals surface area contributed by atoms with Gasteiger partial charge in [0.05, 0.1) is 11.1 Å². The average molecular weight is 361 g/mol. The number of benzene rings is 1. The van der Waals surface area contributed by atoms with E-state index in [2.05, 4.69) is 102 Å². The van der Waals surface area contributed by atoms with E-state index in [0.717, 1.165) is 0 Å². The van der Waals surface area contributed by atoms with Crippen LogP contribution in [0.25, 0.3) is 22.5 Å². The molecule has 0 radical (unpaired) electrons. The first-order valence-corrected chi connectivity index (χ1v) is 9.67. The summed E-state index contributed by atoms with van der Waals surface area (Å²) in [6, 6.07) is 6.98. The molecule has 2 nitrogen and oxygen atoms in total. The van der Waals surface area contributed by atoms with Gasteiger partial charge < -0.3 is 0 Å². The summed E-state index contributed by atoms with van der Waals surface area (Å²) >= 11 is 0. The summed E-state index contributed by atoms with van der Waals surface area (Å²) in [5.74, 6) is 0. The maximum Gasteiger partial charge on any atom is 0.213 e. The topological polar surface area (TPSA) is 7.76 Å². The lowest BCUT2D eigenvalue weighted by Crippen LogP contribution is -2.33. The third kappa shape index (κ3) is 3.29. The highest BCUT2D eigenvalue weighted by atomic mass is 14.9. The molecule has 3 rings (SSSR count). The molecule has 0 aliphatic carbocycles. The van der Waals surface area contributed by atoms with E-state index in [1.807, 2.05) is 0 Å². The van der Waals surface area contributed by atoms with Crippen LogP contribution in [0, 0.1) is 48.5 Å². The molecule has 0 unspecified atom stereocenters. The zero-order valence-electron chi connectivity index (χ0n) is 18.3. The van der Waals surface area contributed by atoms with Gasteiger partial charge in [-0.3, -0.25) is 0 Å². The van der Waals surface area contributed by atoms with Crippen LogP contribution in [0.3, 0.4) is 0 Å². The van der Waals surface area contributed by atoms with Crippen molar-refractivity contribution in [2.45, 2.75) is 48.5 Å². The van der Waals surface area contributed by atoms with E-state index in [9.17, 15) is 0 Å². The van der Waals surface area contributed by atoms with Crippen molar-refractivity contribution in [3.8, 4) is 22.5 Å². The second-order valence-electron chi connectivity index (χ2n) is 8.16. The van der Waals surface area contributed by atoms with Gasteiger partial charge in [-0.25, -0.2) is 9.13 Å². The molecule has 3 aromatic rings. The molecule has 2 heterocycles. The van der Waals surface area contributed by atoms with Crippen LogP contribution in [0.5, 0.6) is 0 Å². The molecule has 2 heteroatoms. The van der Waals surface area contributed by atoms with E-state index in [4.69, 9.17) is 0 Å². The molecule has 0 saturated carbocycles. The molecule has 0 spiro atoms. The van der Waals surface area contributed by atoms with E-state index in [1.54, 1.807) is 0 Å². The number of hydrogen-bond donors (Lipinski definition) is 0. The Morgan fingerprint density at radius 2 is 0.852 bits per heavy atom. The maximum absolute atomic E-state index is 2.34. The molecule has 0 aliphatic rings. The lowest BCUT2D eigenvalue weighted by atomic mass is 9.88. The fourth-order valence-electron chi connectivity index (χ4n) is 4.24. The normalized spacial score (nSPS) is 11.1. The molecule has 0 aliphatic heterocycles. The second-order valence-corrected chi connectivity index (χ2v) is 8.16. The number of hydrogen-bond acceptors (Lipinski definition) is 0. The van der Waals surface area contributed by atoms with Gasteiger partial charge in [0.25, 0.3) is 0 Å². The standard InChI is InChI=1S/C25H32N2/c1-15-11-22(26(8)13-19(15)5)24-17(3)10-18(4)25(21(24)7)23-12-16(2)20(6)14-27(23)9/h10-14H,1-9H3/q+2. The first kappa shape index (κ1) is 19.3. The van der Waals surface area contributed by atoms with Gasteiger partial charge in [0.2, 0.25) is 11.4 Å². The monoisotopic (exact) mass is 360 g/mol. The second kappa shape index (κ2) is 6.92. The lowest BCUT2D eigenvalue weighted by Gasteiger charge is -2.16. The molecule has 0 atom stereocenters. The fourth-order valence-corrected chi connectivity index (χ4v) is 4.24. The van der Waals surface area contributed by atoms with Gasteiger partial charge >= 0.3 is 0 Å². The summed E-state index contributed by atoms with van der Waals surface area (Å²) in [7, 11) is 4.30. The van der Waals surface area contributed by atoms with E-state index in [-0.39, 0.29) is 0 Å². The van der Waals surface area contributed by atoms with E-state index in [1.165, 1.54) is 61.5 Å². The zero-order valence-corrected chi connectivity index (χ0v) is 18.3. The van der Waals surface area contributed by atoms with E-state index in [0.29, 0.717) is 0 Å². The minimum atomic E-state index is 1.28. The molecular formula is C25H32N2+2. The molecule has 0 fully saturated rings. The number of nitrogens with zero attached hydrogens (tertiary/aromatic N) is 2. The van der Waals surface area contributed by atoms with E-state index < -0.39 is 0 Å². The number of rotatable bonds is 2. The summed E-state index contributed by atoms with van der Waals surface area (Å²) in [5.41, 5.74) is 14.6. The molecular weight excluding hydrogens is 328 g/mol. The first-order valence-electron chi connectivity index (χ1n) is 9.67. The molecule has 0 saturated heterocycles. The summed E-state index contributed by atoms with van der Waals surface area (Å²) in [6.07, 6.45) is 4.47. The number of aryl methyl sites for hydroxylation is 8. The summed E-state index contributed by atoms with van der Waals surface area (Å²) in [4.78, 5) is 0. The summed E-state index contributed by atoms with van der Waals surface area (Å²) in [6.45, 7) is 15.5. The third-order valence-electron chi connectivity index (χ3n) is 5.97. The Kier molecular flexibility index (Phi) is 4.94. The van der Waals surface area contributed by atoms with Crippen molar-refractivity contribution in [3.63, 3.8) is 0 Å². The predicted octanol–water partition coefficient (Wildman–Crippen LogP) is 4.83. The van der Waals surface area contributed by atoms with Crippen molar-refractivity contribution in [1.29, 1.82) is 0 Å². The molecule has 0 bridgehead atoms. The van der Waals surface area contributed by atoms with Crippen molar-refractivity contribution in [3.05, 3.63) is 69.5 Å². The molecule has 140 valence electrons. The summed E-state index contributed by atoms with van der Waals surface area (Å²) in [5, 5.41) is 0. The highest BCUT2D eigenvalue weighted by Gasteiger charge is 2.24. The van der Waals surface area contributed by atoms with Gasteiger partial charge in [-0.1, -0.05) is 6.07 Å². The Morgan fingerprint density at radius 3 is 1.22 bits per heavy atom.